The van der Waals surface area contributed by atoms with Crippen LogP contribution in [0.3, 0.4) is 0 Å². The number of sulfone groups is 1. The molecule has 0 saturated heterocycles. The fraction of sp³-hybridized carbons (Fsp3) is 0.238. The molecule has 0 N–H and O–H groups in total. The van der Waals surface area contributed by atoms with Gasteiger partial charge in [-0.3, -0.25) is 0 Å². The Balaban J connectivity index is 1.72. The highest BCUT2D eigenvalue weighted by Crippen LogP contribution is 2.28. The molecule has 7 heteroatoms. The Morgan fingerprint density at radius 2 is 1.68 bits per heavy atom. The number of hydrogen-bond acceptors (Lipinski definition) is 6. The lowest BCUT2D eigenvalue weighted by atomic mass is 10.1. The summed E-state index contributed by atoms with van der Waals surface area (Å²) in [6.07, 6.45) is 2.55. The molecule has 146 valence electrons. The van der Waals surface area contributed by atoms with E-state index in [-0.39, 0.29) is 17.6 Å². The smallest absolute Gasteiger partial charge is 0.250 e. The predicted molar refractivity (Wildman–Crippen MR) is 107 cm³/mol. The van der Waals surface area contributed by atoms with E-state index in [0.717, 1.165) is 22.9 Å². The summed E-state index contributed by atoms with van der Waals surface area (Å²) < 4.78 is 35.0. The lowest BCUT2D eigenvalue weighted by Crippen LogP contribution is -2.11. The summed E-state index contributed by atoms with van der Waals surface area (Å²) in [5, 5.41) is -0.261. The minimum absolute atomic E-state index is 0.225. The van der Waals surface area contributed by atoms with Crippen molar-refractivity contribution >= 4 is 9.84 Å². The van der Waals surface area contributed by atoms with Gasteiger partial charge >= 0.3 is 0 Å². The van der Waals surface area contributed by atoms with E-state index in [1.807, 2.05) is 61.5 Å². The Labute approximate surface area is 165 Å². The second-order valence-electron chi connectivity index (χ2n) is 6.40. The summed E-state index contributed by atoms with van der Waals surface area (Å²) in [6.45, 7) is 3.06. The van der Waals surface area contributed by atoms with Gasteiger partial charge < -0.3 is 9.47 Å². The Morgan fingerprint density at radius 3 is 2.36 bits per heavy atom. The molecule has 3 aromatic rings. The number of nitrogens with zero attached hydrogens (tertiary/aromatic N) is 2. The number of aryl methyl sites for hydroxylation is 1. The van der Waals surface area contributed by atoms with E-state index in [1.165, 1.54) is 6.20 Å². The Bertz CT molecular complexity index is 1020. The van der Waals surface area contributed by atoms with Crippen molar-refractivity contribution in [3.63, 3.8) is 0 Å². The van der Waals surface area contributed by atoms with Crippen molar-refractivity contribution in [2.24, 2.45) is 0 Å². The van der Waals surface area contributed by atoms with Gasteiger partial charge in [0.05, 0.1) is 18.8 Å². The van der Waals surface area contributed by atoms with Crippen LogP contribution in [0.15, 0.2) is 66.0 Å². The second kappa shape index (κ2) is 8.95. The first-order valence-corrected chi connectivity index (χ1v) is 10.7. The number of ether oxygens (including phenoxy) is 2. The molecule has 0 aliphatic rings. The summed E-state index contributed by atoms with van der Waals surface area (Å²) in [4.78, 5) is 8.10. The number of aromatic nitrogens is 2. The van der Waals surface area contributed by atoms with Crippen LogP contribution in [0.4, 0.5) is 0 Å². The third-order valence-electron chi connectivity index (χ3n) is 4.00. The number of rotatable bonds is 8. The molecule has 1 aromatic heterocycles. The Hall–Kier alpha value is -2.77. The van der Waals surface area contributed by atoms with Crippen LogP contribution in [0.1, 0.15) is 11.1 Å². The third-order valence-corrected chi connectivity index (χ3v) is 4.86. The SMILES string of the molecule is Cc1ccc(-c2cnc(S(C)(=O)=O)nc2OCCOCc2ccccc2)cc1. The molecule has 0 saturated carbocycles. The predicted octanol–water partition coefficient (Wildman–Crippen LogP) is 3.45. The third kappa shape index (κ3) is 5.37. The summed E-state index contributed by atoms with van der Waals surface area (Å²) in [5.41, 5.74) is 3.68. The fourth-order valence-corrected chi connectivity index (χ4v) is 3.03. The molecule has 0 fully saturated rings. The maximum Gasteiger partial charge on any atom is 0.250 e. The summed E-state index contributed by atoms with van der Waals surface area (Å²) >= 11 is 0. The quantitative estimate of drug-likeness (QED) is 0.427. The molecule has 28 heavy (non-hydrogen) atoms. The van der Waals surface area contributed by atoms with Gasteiger partial charge in [0.25, 0.3) is 0 Å². The Morgan fingerprint density at radius 1 is 0.964 bits per heavy atom. The molecular weight excluding hydrogens is 376 g/mol. The van der Waals surface area contributed by atoms with Gasteiger partial charge in [-0.25, -0.2) is 13.4 Å². The fourth-order valence-electron chi connectivity index (χ4n) is 2.53. The van der Waals surface area contributed by atoms with Crippen LogP contribution in [-0.4, -0.2) is 37.9 Å². The first-order chi connectivity index (χ1) is 13.4. The molecule has 0 spiro atoms. The van der Waals surface area contributed by atoms with Gasteiger partial charge in [-0.05, 0) is 18.1 Å². The molecule has 0 unspecified atom stereocenters. The normalized spacial score (nSPS) is 11.4. The van der Waals surface area contributed by atoms with Crippen molar-refractivity contribution in [2.75, 3.05) is 19.5 Å². The monoisotopic (exact) mass is 398 g/mol. The van der Waals surface area contributed by atoms with Gasteiger partial charge in [-0.1, -0.05) is 60.2 Å². The van der Waals surface area contributed by atoms with Crippen LogP contribution in [0.2, 0.25) is 0 Å². The van der Waals surface area contributed by atoms with Crippen molar-refractivity contribution in [3.05, 3.63) is 71.9 Å². The number of benzene rings is 2. The summed E-state index contributed by atoms with van der Waals surface area (Å²) in [5.74, 6) is 0.225. The van der Waals surface area contributed by atoms with Crippen molar-refractivity contribution in [1.82, 2.24) is 9.97 Å². The van der Waals surface area contributed by atoms with Gasteiger partial charge in [0, 0.05) is 12.5 Å². The molecule has 2 aromatic carbocycles. The van der Waals surface area contributed by atoms with Gasteiger partial charge in [0.2, 0.25) is 20.9 Å². The van der Waals surface area contributed by atoms with Gasteiger partial charge in [-0.2, -0.15) is 4.98 Å². The van der Waals surface area contributed by atoms with Crippen LogP contribution in [0, 0.1) is 6.92 Å². The van der Waals surface area contributed by atoms with E-state index in [1.54, 1.807) is 0 Å². The van der Waals surface area contributed by atoms with Crippen LogP contribution in [0.25, 0.3) is 11.1 Å². The molecule has 0 aliphatic carbocycles. The van der Waals surface area contributed by atoms with E-state index >= 15 is 0 Å². The topological polar surface area (TPSA) is 78.4 Å². The zero-order chi connectivity index (χ0) is 20.0. The van der Waals surface area contributed by atoms with E-state index in [0.29, 0.717) is 18.8 Å². The highest BCUT2D eigenvalue weighted by Gasteiger charge is 2.17. The van der Waals surface area contributed by atoms with Gasteiger partial charge in [0.15, 0.2) is 0 Å². The van der Waals surface area contributed by atoms with E-state index in [4.69, 9.17) is 9.47 Å². The van der Waals surface area contributed by atoms with Gasteiger partial charge in [-0.15, -0.1) is 0 Å². The molecule has 0 bridgehead atoms. The zero-order valence-electron chi connectivity index (χ0n) is 15.8. The van der Waals surface area contributed by atoms with Crippen molar-refractivity contribution in [2.45, 2.75) is 18.7 Å². The van der Waals surface area contributed by atoms with E-state index in [2.05, 4.69) is 9.97 Å². The standard InChI is InChI=1S/C21H22N2O4S/c1-16-8-10-18(11-9-16)19-14-22-21(28(2,24)25)23-20(19)27-13-12-26-15-17-6-4-3-5-7-17/h3-11,14H,12-13,15H2,1-2H3. The summed E-state index contributed by atoms with van der Waals surface area (Å²) in [6, 6.07) is 17.6. The molecule has 0 radical (unpaired) electrons. The van der Waals surface area contributed by atoms with Gasteiger partial charge in [0.1, 0.15) is 6.61 Å². The lowest BCUT2D eigenvalue weighted by Gasteiger charge is -2.12. The molecule has 1 heterocycles. The Kier molecular flexibility index (Phi) is 6.38. The van der Waals surface area contributed by atoms with E-state index in [9.17, 15) is 8.42 Å². The average molecular weight is 398 g/mol. The number of hydrogen-bond donors (Lipinski definition) is 0. The lowest BCUT2D eigenvalue weighted by molar-refractivity contribution is 0.0874. The molecule has 0 aliphatic heterocycles. The second-order valence-corrected chi connectivity index (χ2v) is 8.31. The van der Waals surface area contributed by atoms with Crippen molar-refractivity contribution < 1.29 is 17.9 Å². The molecule has 0 atom stereocenters. The minimum Gasteiger partial charge on any atom is -0.475 e. The molecule has 6 nitrogen and oxygen atoms in total. The van der Waals surface area contributed by atoms with E-state index < -0.39 is 9.84 Å². The van der Waals surface area contributed by atoms with Crippen LogP contribution >= 0.6 is 0 Å². The average Bonchev–Trinajstić information content (AvgIpc) is 2.68. The highest BCUT2D eigenvalue weighted by atomic mass is 32.2. The maximum absolute atomic E-state index is 11.8. The largest absolute Gasteiger partial charge is 0.475 e. The first-order valence-electron chi connectivity index (χ1n) is 8.82. The maximum atomic E-state index is 11.8. The molecule has 0 amide bonds. The molecule has 3 rings (SSSR count). The zero-order valence-corrected chi connectivity index (χ0v) is 16.6. The molecular formula is C21H22N2O4S. The first kappa shape index (κ1) is 20.0. The summed E-state index contributed by atoms with van der Waals surface area (Å²) in [7, 11) is -3.54. The minimum atomic E-state index is -3.54. The van der Waals surface area contributed by atoms with Crippen molar-refractivity contribution in [3.8, 4) is 17.0 Å². The highest BCUT2D eigenvalue weighted by molar-refractivity contribution is 7.90. The van der Waals surface area contributed by atoms with Crippen molar-refractivity contribution in [1.29, 1.82) is 0 Å². The van der Waals surface area contributed by atoms with Crippen LogP contribution < -0.4 is 4.74 Å². The van der Waals surface area contributed by atoms with Crippen LogP contribution in [-0.2, 0) is 21.2 Å². The van der Waals surface area contributed by atoms with Crippen LogP contribution in [0.5, 0.6) is 5.88 Å².